The smallest absolute Gasteiger partial charge is 0.164 e. The summed E-state index contributed by atoms with van der Waals surface area (Å²) in [6.07, 6.45) is 0. The number of benzene rings is 11. The molecule has 0 aliphatic rings. The quantitative estimate of drug-likeness (QED) is 0.145. The number of hydrogen-bond donors (Lipinski definition) is 0. The van der Waals surface area contributed by atoms with E-state index in [0.29, 0.717) is 17.5 Å². The Morgan fingerprint density at radius 3 is 0.986 bits per heavy atom. The van der Waals surface area contributed by atoms with Gasteiger partial charge < -0.3 is 9.13 Å². The van der Waals surface area contributed by atoms with Gasteiger partial charge >= 0.3 is 0 Å². The third-order valence-electron chi connectivity index (χ3n) is 14.4. The van der Waals surface area contributed by atoms with Crippen molar-refractivity contribution in [3.63, 3.8) is 0 Å². The molecule has 0 radical (unpaired) electrons. The predicted octanol–water partition coefficient (Wildman–Crippen LogP) is 17.7. The van der Waals surface area contributed by atoms with Crippen molar-refractivity contribution in [3.05, 3.63) is 273 Å². The second kappa shape index (κ2) is 18.0. The number of rotatable bonds is 9. The van der Waals surface area contributed by atoms with E-state index < -0.39 is 0 Å². The SMILES string of the molecule is c1ccc(-c2ccc(-c3nc(-c4ccc(-c5ccccc5)cc4)nc(-c4cc(-c5ccccc5)c(-n5c6ccccc6c6cc7c(cc65)c5ccccc5n7-c5ccccc5)c(-c5ccccc5)c4)n3)cc2)cc1. The highest BCUT2D eigenvalue weighted by Crippen LogP contribution is 2.46. The summed E-state index contributed by atoms with van der Waals surface area (Å²) >= 11 is 0. The molecule has 14 rings (SSSR count). The second-order valence-electron chi connectivity index (χ2n) is 18.8. The Morgan fingerprint density at radius 1 is 0.216 bits per heavy atom. The molecule has 3 heterocycles. The Bertz CT molecular complexity index is 4190. The van der Waals surface area contributed by atoms with Crippen molar-refractivity contribution in [2.75, 3.05) is 0 Å². The molecule has 0 amide bonds. The Morgan fingerprint density at radius 2 is 0.541 bits per heavy atom. The van der Waals surface area contributed by atoms with E-state index in [2.05, 4.69) is 270 Å². The molecule has 0 saturated carbocycles. The molecule has 0 N–H and O–H groups in total. The van der Waals surface area contributed by atoms with E-state index in [1.54, 1.807) is 0 Å². The van der Waals surface area contributed by atoms with Gasteiger partial charge in [0.2, 0.25) is 0 Å². The van der Waals surface area contributed by atoms with Crippen LogP contribution in [-0.4, -0.2) is 24.1 Å². The molecule has 0 unspecified atom stereocenters. The molecule has 346 valence electrons. The minimum absolute atomic E-state index is 0.586. The van der Waals surface area contributed by atoms with Crippen LogP contribution in [0.5, 0.6) is 0 Å². The lowest BCUT2D eigenvalue weighted by Crippen LogP contribution is -2.04. The maximum absolute atomic E-state index is 5.39. The molecule has 0 aliphatic carbocycles. The fraction of sp³-hybridized carbons (Fsp3) is 0. The maximum atomic E-state index is 5.39. The first-order valence-corrected chi connectivity index (χ1v) is 25.1. The van der Waals surface area contributed by atoms with Gasteiger partial charge in [-0.25, -0.2) is 15.0 Å². The van der Waals surface area contributed by atoms with Gasteiger partial charge in [0, 0.05) is 55.0 Å². The van der Waals surface area contributed by atoms with E-state index in [1.807, 2.05) is 12.1 Å². The van der Waals surface area contributed by atoms with E-state index in [9.17, 15) is 0 Å². The molecule has 0 spiro atoms. The zero-order valence-electron chi connectivity index (χ0n) is 40.2. The molecule has 0 saturated heterocycles. The minimum atomic E-state index is 0.586. The van der Waals surface area contributed by atoms with Gasteiger partial charge in [-0.05, 0) is 81.9 Å². The van der Waals surface area contributed by atoms with Crippen molar-refractivity contribution >= 4 is 43.6 Å². The predicted molar refractivity (Wildman–Crippen MR) is 307 cm³/mol. The number of hydrogen-bond acceptors (Lipinski definition) is 3. The minimum Gasteiger partial charge on any atom is -0.309 e. The third kappa shape index (κ3) is 7.46. The first-order chi connectivity index (χ1) is 36.7. The zero-order chi connectivity index (χ0) is 49.0. The monoisotopic (exact) mass is 943 g/mol. The summed E-state index contributed by atoms with van der Waals surface area (Å²) in [5, 5.41) is 4.76. The van der Waals surface area contributed by atoms with Crippen LogP contribution in [0.15, 0.2) is 273 Å². The zero-order valence-corrected chi connectivity index (χ0v) is 40.2. The highest BCUT2D eigenvalue weighted by Gasteiger charge is 2.25. The van der Waals surface area contributed by atoms with Crippen LogP contribution in [-0.2, 0) is 0 Å². The Hall–Kier alpha value is -9.97. The van der Waals surface area contributed by atoms with Crippen LogP contribution in [0, 0.1) is 0 Å². The molecule has 0 fully saturated rings. The average molecular weight is 944 g/mol. The normalized spacial score (nSPS) is 11.5. The van der Waals surface area contributed by atoms with Gasteiger partial charge in [-0.3, -0.25) is 0 Å². The van der Waals surface area contributed by atoms with Crippen LogP contribution < -0.4 is 0 Å². The van der Waals surface area contributed by atoms with Crippen LogP contribution in [0.4, 0.5) is 0 Å². The summed E-state index contributed by atoms with van der Waals surface area (Å²) in [6.45, 7) is 0. The molecule has 74 heavy (non-hydrogen) atoms. The van der Waals surface area contributed by atoms with E-state index in [0.717, 1.165) is 83.6 Å². The molecule has 5 heteroatoms. The van der Waals surface area contributed by atoms with Crippen LogP contribution >= 0.6 is 0 Å². The molecular weight excluding hydrogens is 899 g/mol. The maximum Gasteiger partial charge on any atom is 0.164 e. The molecule has 11 aromatic carbocycles. The summed E-state index contributed by atoms with van der Waals surface area (Å²) in [6, 6.07) is 97.2. The Kier molecular flexibility index (Phi) is 10.4. The van der Waals surface area contributed by atoms with Crippen LogP contribution in [0.1, 0.15) is 0 Å². The van der Waals surface area contributed by atoms with Crippen molar-refractivity contribution in [2.24, 2.45) is 0 Å². The molecule has 14 aromatic rings. The number of nitrogens with zero attached hydrogens (tertiary/aromatic N) is 5. The Labute approximate surface area is 428 Å². The van der Waals surface area contributed by atoms with E-state index in [4.69, 9.17) is 15.0 Å². The summed E-state index contributed by atoms with van der Waals surface area (Å²) < 4.78 is 4.91. The molecule has 0 aliphatic heterocycles. The van der Waals surface area contributed by atoms with Crippen molar-refractivity contribution in [3.8, 4) is 90.0 Å². The van der Waals surface area contributed by atoms with Crippen molar-refractivity contribution in [1.82, 2.24) is 24.1 Å². The fourth-order valence-electron chi connectivity index (χ4n) is 10.9. The van der Waals surface area contributed by atoms with Crippen molar-refractivity contribution in [2.45, 2.75) is 0 Å². The topological polar surface area (TPSA) is 48.5 Å². The van der Waals surface area contributed by atoms with Crippen LogP contribution in [0.3, 0.4) is 0 Å². The van der Waals surface area contributed by atoms with E-state index >= 15 is 0 Å². The van der Waals surface area contributed by atoms with E-state index in [-0.39, 0.29) is 0 Å². The van der Waals surface area contributed by atoms with Gasteiger partial charge in [0.05, 0.1) is 27.8 Å². The lowest BCUT2D eigenvalue weighted by atomic mass is 9.92. The van der Waals surface area contributed by atoms with Crippen LogP contribution in [0.2, 0.25) is 0 Å². The largest absolute Gasteiger partial charge is 0.309 e. The average Bonchev–Trinajstić information content (AvgIpc) is 3.99. The van der Waals surface area contributed by atoms with Gasteiger partial charge in [0.25, 0.3) is 0 Å². The third-order valence-corrected chi connectivity index (χ3v) is 14.4. The number of para-hydroxylation sites is 3. The molecule has 5 nitrogen and oxygen atoms in total. The van der Waals surface area contributed by atoms with Gasteiger partial charge in [-0.1, -0.05) is 224 Å². The highest BCUT2D eigenvalue weighted by atomic mass is 15.0. The van der Waals surface area contributed by atoms with Crippen molar-refractivity contribution < 1.29 is 0 Å². The van der Waals surface area contributed by atoms with Gasteiger partial charge in [-0.15, -0.1) is 0 Å². The first-order valence-electron chi connectivity index (χ1n) is 25.1. The molecule has 0 atom stereocenters. The highest BCUT2D eigenvalue weighted by molar-refractivity contribution is 6.19. The molecule has 0 bridgehead atoms. The summed E-state index contributed by atoms with van der Waals surface area (Å²) in [5.74, 6) is 1.79. The van der Waals surface area contributed by atoms with Crippen molar-refractivity contribution in [1.29, 1.82) is 0 Å². The first kappa shape index (κ1) is 42.9. The lowest BCUT2D eigenvalue weighted by Gasteiger charge is -2.21. The van der Waals surface area contributed by atoms with E-state index in [1.165, 1.54) is 32.6 Å². The summed E-state index contributed by atoms with van der Waals surface area (Å²) in [4.78, 5) is 16.0. The molecule has 3 aromatic heterocycles. The Balaban J connectivity index is 1.04. The summed E-state index contributed by atoms with van der Waals surface area (Å²) in [5.41, 5.74) is 18.3. The lowest BCUT2D eigenvalue weighted by molar-refractivity contribution is 1.07. The second-order valence-corrected chi connectivity index (χ2v) is 18.8. The van der Waals surface area contributed by atoms with Gasteiger partial charge in [0.1, 0.15) is 0 Å². The van der Waals surface area contributed by atoms with Crippen LogP contribution in [0.25, 0.3) is 134 Å². The van der Waals surface area contributed by atoms with Gasteiger partial charge in [0.15, 0.2) is 17.5 Å². The fourth-order valence-corrected chi connectivity index (χ4v) is 10.9. The standard InChI is InChI=1S/C69H45N5/c1-6-20-46(21-7-1)48-34-38-52(39-35-48)67-70-68(53-40-36-49(37-41-53)47-22-8-2-9-23-47)72-69(71-67)54-42-58(50-24-10-3-11-25-50)66(59(43-54)51-26-12-4-13-27-51)74-63-33-19-17-31-57(63)61-44-64-60(45-65(61)74)56-30-16-18-32-62(56)73(64)55-28-14-5-15-29-55/h1-45H. The summed E-state index contributed by atoms with van der Waals surface area (Å²) in [7, 11) is 0. The van der Waals surface area contributed by atoms with Gasteiger partial charge in [-0.2, -0.15) is 0 Å². The number of aromatic nitrogens is 5. The molecular formula is C69H45N5. The number of fused-ring (bicyclic) bond motifs is 6.